The van der Waals surface area contributed by atoms with Crippen molar-refractivity contribution in [3.05, 3.63) is 23.7 Å². The summed E-state index contributed by atoms with van der Waals surface area (Å²) in [6.07, 6.45) is 10.9. The van der Waals surface area contributed by atoms with Crippen LogP contribution in [0.25, 0.3) is 0 Å². The molecule has 1 aromatic rings. The summed E-state index contributed by atoms with van der Waals surface area (Å²) in [4.78, 5) is 12.6. The van der Waals surface area contributed by atoms with Crippen molar-refractivity contribution in [3.8, 4) is 0 Å². The molecule has 3 nitrogen and oxygen atoms in total. The molecule has 0 aliphatic heterocycles. The van der Waals surface area contributed by atoms with E-state index in [-0.39, 0.29) is 16.7 Å². The maximum Gasteiger partial charge on any atom is 0.310 e. The van der Waals surface area contributed by atoms with Gasteiger partial charge in [-0.15, -0.1) is 0 Å². The molecule has 0 spiro atoms. The average molecular weight is 316 g/mol. The highest BCUT2D eigenvalue weighted by molar-refractivity contribution is 5.77. The fourth-order valence-corrected chi connectivity index (χ4v) is 6.76. The maximum atomic E-state index is 12.6. The molecule has 1 aromatic heterocycles. The molecule has 23 heavy (non-hydrogen) atoms. The molecule has 1 heterocycles. The minimum atomic E-state index is -0.552. The van der Waals surface area contributed by atoms with E-state index >= 15 is 0 Å². The van der Waals surface area contributed by atoms with Gasteiger partial charge in [0, 0.05) is 0 Å². The zero-order chi connectivity index (χ0) is 16.5. The number of rotatable bonds is 1. The van der Waals surface area contributed by atoms with Crippen LogP contribution in [0.1, 0.15) is 70.4 Å². The molecule has 0 bridgehead atoms. The molecule has 4 atom stereocenters. The average Bonchev–Trinajstić information content (AvgIpc) is 2.95. The quantitative estimate of drug-likeness (QED) is 0.810. The second-order valence-electron chi connectivity index (χ2n) is 9.10. The molecule has 2 fully saturated rings. The Bertz CT molecular complexity index is 643. The summed E-state index contributed by atoms with van der Waals surface area (Å²) < 4.78 is 5.50. The first-order valence-electron chi connectivity index (χ1n) is 9.11. The zero-order valence-corrected chi connectivity index (χ0v) is 14.5. The van der Waals surface area contributed by atoms with Crippen LogP contribution in [0.2, 0.25) is 0 Å². The number of hydrogen-bond donors (Lipinski definition) is 1. The monoisotopic (exact) mass is 316 g/mol. The van der Waals surface area contributed by atoms with Crippen LogP contribution < -0.4 is 0 Å². The Balaban J connectivity index is 1.87. The predicted octanol–water partition coefficient (Wildman–Crippen LogP) is 4.79. The number of aliphatic carboxylic acids is 1. The molecule has 3 heteroatoms. The molecule has 2 saturated carbocycles. The predicted molar refractivity (Wildman–Crippen MR) is 88.3 cm³/mol. The molecule has 4 rings (SSSR count). The second-order valence-corrected chi connectivity index (χ2v) is 9.10. The van der Waals surface area contributed by atoms with E-state index in [0.717, 1.165) is 44.9 Å². The maximum absolute atomic E-state index is 12.6. The number of carboxylic acids is 1. The molecule has 0 amide bonds. The van der Waals surface area contributed by atoms with Crippen LogP contribution in [0.15, 0.2) is 16.9 Å². The van der Waals surface area contributed by atoms with Crippen LogP contribution in [0.3, 0.4) is 0 Å². The third-order valence-electron chi connectivity index (χ3n) is 7.78. The number of carbonyl (C=O) groups is 1. The van der Waals surface area contributed by atoms with E-state index in [9.17, 15) is 9.90 Å². The Morgan fingerprint density at radius 2 is 1.91 bits per heavy atom. The first-order valence-corrected chi connectivity index (χ1v) is 9.11. The van der Waals surface area contributed by atoms with Crippen LogP contribution in [-0.2, 0) is 16.6 Å². The first kappa shape index (κ1) is 15.3. The first-order chi connectivity index (χ1) is 10.8. The van der Waals surface area contributed by atoms with Crippen LogP contribution in [0, 0.1) is 22.7 Å². The Labute approximate surface area is 138 Å². The van der Waals surface area contributed by atoms with Gasteiger partial charge in [0.25, 0.3) is 0 Å². The van der Waals surface area contributed by atoms with Gasteiger partial charge in [-0.2, -0.15) is 0 Å². The Morgan fingerprint density at radius 1 is 1.13 bits per heavy atom. The normalized spacial score (nSPS) is 41.5. The minimum absolute atomic E-state index is 0.0388. The van der Waals surface area contributed by atoms with E-state index in [1.165, 1.54) is 11.1 Å². The van der Waals surface area contributed by atoms with Gasteiger partial charge in [0.1, 0.15) is 0 Å². The highest BCUT2D eigenvalue weighted by Gasteiger charge is 2.65. The molecule has 126 valence electrons. The molecule has 1 N–H and O–H groups in total. The lowest BCUT2D eigenvalue weighted by Gasteiger charge is -2.62. The third-order valence-corrected chi connectivity index (χ3v) is 7.78. The van der Waals surface area contributed by atoms with E-state index in [1.807, 2.05) is 12.5 Å². The van der Waals surface area contributed by atoms with Gasteiger partial charge < -0.3 is 9.52 Å². The fraction of sp³-hybridized carbons (Fsp3) is 0.750. The SMILES string of the molecule is CC1(C)CCC[C@]2(C(=O)O)[C@H]3CCc4cocc4[C@]3(C)CC[C@@H]12. The van der Waals surface area contributed by atoms with Gasteiger partial charge >= 0.3 is 5.97 Å². The van der Waals surface area contributed by atoms with Crippen LogP contribution in [0.5, 0.6) is 0 Å². The van der Waals surface area contributed by atoms with Crippen molar-refractivity contribution >= 4 is 5.97 Å². The summed E-state index contributed by atoms with van der Waals surface area (Å²) in [6.45, 7) is 6.89. The Kier molecular flexibility index (Phi) is 3.09. The number of fused-ring (bicyclic) bond motifs is 5. The summed E-state index contributed by atoms with van der Waals surface area (Å²) in [5.74, 6) is -0.0122. The number of aryl methyl sites for hydroxylation is 1. The minimum Gasteiger partial charge on any atom is -0.481 e. The Morgan fingerprint density at radius 3 is 2.65 bits per heavy atom. The van der Waals surface area contributed by atoms with Crippen molar-refractivity contribution in [3.63, 3.8) is 0 Å². The highest BCUT2D eigenvalue weighted by Crippen LogP contribution is 2.67. The third kappa shape index (κ3) is 1.79. The van der Waals surface area contributed by atoms with Crippen molar-refractivity contribution in [1.29, 1.82) is 0 Å². The summed E-state index contributed by atoms with van der Waals surface area (Å²) >= 11 is 0. The summed E-state index contributed by atoms with van der Waals surface area (Å²) in [5.41, 5.74) is 2.13. The van der Waals surface area contributed by atoms with Gasteiger partial charge in [0.15, 0.2) is 0 Å². The molecule has 3 aliphatic carbocycles. The van der Waals surface area contributed by atoms with Crippen molar-refractivity contribution in [2.45, 2.75) is 71.1 Å². The fourth-order valence-electron chi connectivity index (χ4n) is 6.76. The summed E-state index contributed by atoms with van der Waals surface area (Å²) in [5, 5.41) is 10.4. The second kappa shape index (κ2) is 4.64. The highest BCUT2D eigenvalue weighted by atomic mass is 16.4. The van der Waals surface area contributed by atoms with Gasteiger partial charge in [-0.05, 0) is 72.3 Å². The summed E-state index contributed by atoms with van der Waals surface area (Å²) in [7, 11) is 0. The van der Waals surface area contributed by atoms with Gasteiger partial charge in [0.05, 0.1) is 17.9 Å². The molecule has 0 aromatic carbocycles. The van der Waals surface area contributed by atoms with Gasteiger partial charge in [-0.25, -0.2) is 0 Å². The van der Waals surface area contributed by atoms with Crippen molar-refractivity contribution in [2.75, 3.05) is 0 Å². The standard InChI is InChI=1S/C20H28O3/c1-18(2)8-4-9-20(17(21)22)15(18)7-10-19(3)14-12-23-11-13(14)5-6-16(19)20/h11-12,15-16H,4-10H2,1-3H3,(H,21,22)/t15-,16-,19-,20+/m0/s1. The van der Waals surface area contributed by atoms with Crippen LogP contribution >= 0.6 is 0 Å². The van der Waals surface area contributed by atoms with E-state index in [2.05, 4.69) is 20.8 Å². The lowest BCUT2D eigenvalue weighted by molar-refractivity contribution is -0.183. The van der Waals surface area contributed by atoms with E-state index in [0.29, 0.717) is 5.92 Å². The van der Waals surface area contributed by atoms with Gasteiger partial charge in [0.2, 0.25) is 0 Å². The van der Waals surface area contributed by atoms with Crippen molar-refractivity contribution in [1.82, 2.24) is 0 Å². The topological polar surface area (TPSA) is 50.4 Å². The molecule has 0 unspecified atom stereocenters. The molecule has 3 aliphatic rings. The van der Waals surface area contributed by atoms with Crippen LogP contribution in [0.4, 0.5) is 0 Å². The smallest absolute Gasteiger partial charge is 0.310 e. The van der Waals surface area contributed by atoms with Crippen LogP contribution in [-0.4, -0.2) is 11.1 Å². The molecular formula is C20H28O3. The van der Waals surface area contributed by atoms with Gasteiger partial charge in [-0.3, -0.25) is 4.79 Å². The van der Waals surface area contributed by atoms with Crippen molar-refractivity contribution < 1.29 is 14.3 Å². The van der Waals surface area contributed by atoms with E-state index in [1.54, 1.807) is 0 Å². The lowest BCUT2D eigenvalue weighted by atomic mass is 9.40. The van der Waals surface area contributed by atoms with Crippen molar-refractivity contribution in [2.24, 2.45) is 22.7 Å². The van der Waals surface area contributed by atoms with Gasteiger partial charge in [-0.1, -0.05) is 27.2 Å². The number of hydrogen-bond acceptors (Lipinski definition) is 2. The molecule has 0 radical (unpaired) electrons. The largest absolute Gasteiger partial charge is 0.481 e. The molecular weight excluding hydrogens is 288 g/mol. The number of furan rings is 1. The molecule has 0 saturated heterocycles. The lowest BCUT2D eigenvalue weighted by Crippen LogP contribution is -2.62. The Hall–Kier alpha value is -1.25. The van der Waals surface area contributed by atoms with E-state index < -0.39 is 11.4 Å². The number of carboxylic acid groups (broad SMARTS) is 1. The summed E-state index contributed by atoms with van der Waals surface area (Å²) in [6, 6.07) is 0. The zero-order valence-electron chi connectivity index (χ0n) is 14.5. The van der Waals surface area contributed by atoms with E-state index in [4.69, 9.17) is 4.42 Å².